The second kappa shape index (κ2) is 8.45. The molecule has 0 bridgehead atoms. The quantitative estimate of drug-likeness (QED) is 0.719. The summed E-state index contributed by atoms with van der Waals surface area (Å²) in [5.74, 6) is 0.937. The Morgan fingerprint density at radius 2 is 2.05 bits per heavy atom. The van der Waals surface area contributed by atoms with E-state index < -0.39 is 0 Å². The lowest BCUT2D eigenvalue weighted by Crippen LogP contribution is -2.23. The molecule has 0 aliphatic heterocycles. The molecule has 1 N–H and O–H groups in total. The van der Waals surface area contributed by atoms with Gasteiger partial charge in [0.15, 0.2) is 0 Å². The van der Waals surface area contributed by atoms with Gasteiger partial charge in [0.05, 0.1) is 6.61 Å². The van der Waals surface area contributed by atoms with Gasteiger partial charge in [-0.15, -0.1) is 11.3 Å². The SMILES string of the molecule is CCCNC(CCOc1ccccc1)c1sccc1Br. The van der Waals surface area contributed by atoms with Crippen molar-refractivity contribution < 1.29 is 4.74 Å². The van der Waals surface area contributed by atoms with Gasteiger partial charge in [-0.3, -0.25) is 0 Å². The van der Waals surface area contributed by atoms with Crippen molar-refractivity contribution in [2.75, 3.05) is 13.2 Å². The van der Waals surface area contributed by atoms with Gasteiger partial charge in [0.1, 0.15) is 5.75 Å². The molecule has 1 unspecified atom stereocenters. The highest BCUT2D eigenvalue weighted by Crippen LogP contribution is 2.31. The fourth-order valence-corrected chi connectivity index (χ4v) is 3.77. The molecule has 1 atom stereocenters. The number of benzene rings is 1. The largest absolute Gasteiger partial charge is 0.494 e. The van der Waals surface area contributed by atoms with Crippen LogP contribution in [0.4, 0.5) is 0 Å². The minimum absolute atomic E-state index is 0.355. The highest BCUT2D eigenvalue weighted by atomic mass is 79.9. The summed E-state index contributed by atoms with van der Waals surface area (Å²) in [4.78, 5) is 1.36. The summed E-state index contributed by atoms with van der Waals surface area (Å²) in [6, 6.07) is 12.5. The van der Waals surface area contributed by atoms with Gasteiger partial charge in [0.25, 0.3) is 0 Å². The molecule has 1 aromatic heterocycles. The van der Waals surface area contributed by atoms with E-state index in [1.54, 1.807) is 11.3 Å². The smallest absolute Gasteiger partial charge is 0.119 e. The highest BCUT2D eigenvalue weighted by Gasteiger charge is 2.15. The zero-order valence-corrected chi connectivity index (χ0v) is 14.0. The predicted molar refractivity (Wildman–Crippen MR) is 89.6 cm³/mol. The Bertz CT molecular complexity index is 500. The third-order valence-electron chi connectivity index (χ3n) is 3.02. The first kappa shape index (κ1) is 15.5. The van der Waals surface area contributed by atoms with E-state index in [2.05, 4.69) is 39.6 Å². The summed E-state index contributed by atoms with van der Waals surface area (Å²) in [6.07, 6.45) is 2.10. The van der Waals surface area contributed by atoms with E-state index in [0.29, 0.717) is 6.04 Å². The zero-order valence-electron chi connectivity index (χ0n) is 11.6. The van der Waals surface area contributed by atoms with E-state index in [-0.39, 0.29) is 0 Å². The fraction of sp³-hybridized carbons (Fsp3) is 0.375. The summed E-state index contributed by atoms with van der Waals surface area (Å²) in [5, 5.41) is 5.72. The summed E-state index contributed by atoms with van der Waals surface area (Å²) in [6.45, 7) is 3.93. The van der Waals surface area contributed by atoms with Crippen molar-refractivity contribution in [2.24, 2.45) is 0 Å². The molecule has 2 rings (SSSR count). The van der Waals surface area contributed by atoms with Crippen LogP contribution in [-0.4, -0.2) is 13.2 Å². The Balaban J connectivity index is 1.89. The standard InChI is InChI=1S/C16H20BrNOS/c1-2-10-18-15(16-14(17)9-12-20-16)8-11-19-13-6-4-3-5-7-13/h3-7,9,12,15,18H,2,8,10-11H2,1H3. The minimum Gasteiger partial charge on any atom is -0.494 e. The van der Waals surface area contributed by atoms with Crippen LogP contribution < -0.4 is 10.1 Å². The van der Waals surface area contributed by atoms with Crippen LogP contribution in [0.25, 0.3) is 0 Å². The van der Waals surface area contributed by atoms with Gasteiger partial charge >= 0.3 is 0 Å². The molecule has 0 aliphatic carbocycles. The van der Waals surface area contributed by atoms with Crippen molar-refractivity contribution in [2.45, 2.75) is 25.8 Å². The molecule has 0 aliphatic rings. The maximum absolute atomic E-state index is 5.80. The van der Waals surface area contributed by atoms with Crippen molar-refractivity contribution in [3.63, 3.8) is 0 Å². The average Bonchev–Trinajstić information content (AvgIpc) is 2.90. The molecule has 2 nitrogen and oxygen atoms in total. The molecule has 0 saturated heterocycles. The molecule has 0 fully saturated rings. The Kier molecular flexibility index (Phi) is 6.57. The first-order valence-corrected chi connectivity index (χ1v) is 8.62. The highest BCUT2D eigenvalue weighted by molar-refractivity contribution is 9.10. The number of rotatable bonds is 8. The van der Waals surface area contributed by atoms with Gasteiger partial charge in [-0.25, -0.2) is 0 Å². The van der Waals surface area contributed by atoms with Crippen LogP contribution in [0.1, 0.15) is 30.7 Å². The number of thiophene rings is 1. The van der Waals surface area contributed by atoms with Crippen molar-refractivity contribution in [1.82, 2.24) is 5.32 Å². The fourth-order valence-electron chi connectivity index (χ4n) is 2.01. The summed E-state index contributed by atoms with van der Waals surface area (Å²) in [7, 11) is 0. The second-order valence-electron chi connectivity index (χ2n) is 4.59. The van der Waals surface area contributed by atoms with Gasteiger partial charge in [0, 0.05) is 21.8 Å². The number of ether oxygens (including phenoxy) is 1. The Morgan fingerprint density at radius 1 is 1.25 bits per heavy atom. The van der Waals surface area contributed by atoms with Gasteiger partial charge in [0.2, 0.25) is 0 Å². The first-order chi connectivity index (χ1) is 9.81. The predicted octanol–water partition coefficient (Wildman–Crippen LogP) is 5.02. The monoisotopic (exact) mass is 353 g/mol. The topological polar surface area (TPSA) is 21.3 Å². The molecule has 0 saturated carbocycles. The normalized spacial score (nSPS) is 12.3. The molecule has 4 heteroatoms. The van der Waals surface area contributed by atoms with Crippen molar-refractivity contribution in [3.05, 3.63) is 51.1 Å². The van der Waals surface area contributed by atoms with Gasteiger partial charge < -0.3 is 10.1 Å². The van der Waals surface area contributed by atoms with E-state index in [9.17, 15) is 0 Å². The Morgan fingerprint density at radius 3 is 2.70 bits per heavy atom. The van der Waals surface area contributed by atoms with E-state index in [0.717, 1.165) is 31.7 Å². The maximum Gasteiger partial charge on any atom is 0.119 e. The average molecular weight is 354 g/mol. The number of hydrogen-bond donors (Lipinski definition) is 1. The molecular weight excluding hydrogens is 334 g/mol. The van der Waals surface area contributed by atoms with E-state index in [4.69, 9.17) is 4.74 Å². The number of nitrogens with one attached hydrogen (secondary N) is 1. The molecule has 0 spiro atoms. The summed E-state index contributed by atoms with van der Waals surface area (Å²) in [5.41, 5.74) is 0. The lowest BCUT2D eigenvalue weighted by Gasteiger charge is -2.18. The molecular formula is C16H20BrNOS. The van der Waals surface area contributed by atoms with Gasteiger partial charge in [-0.1, -0.05) is 25.1 Å². The van der Waals surface area contributed by atoms with E-state index in [1.165, 1.54) is 9.35 Å². The molecule has 0 amide bonds. The summed E-state index contributed by atoms with van der Waals surface area (Å²) < 4.78 is 6.99. The first-order valence-electron chi connectivity index (χ1n) is 6.95. The molecule has 1 aromatic carbocycles. The summed E-state index contributed by atoms with van der Waals surface area (Å²) >= 11 is 5.41. The van der Waals surface area contributed by atoms with Crippen molar-refractivity contribution >= 4 is 27.3 Å². The number of halogens is 1. The molecule has 1 heterocycles. The lowest BCUT2D eigenvalue weighted by atomic mass is 10.1. The van der Waals surface area contributed by atoms with Gasteiger partial charge in [-0.05, 0) is 52.5 Å². The maximum atomic E-state index is 5.80. The molecule has 108 valence electrons. The molecule has 2 aromatic rings. The van der Waals surface area contributed by atoms with Crippen LogP contribution in [-0.2, 0) is 0 Å². The van der Waals surface area contributed by atoms with Crippen LogP contribution in [0.3, 0.4) is 0 Å². The van der Waals surface area contributed by atoms with Crippen molar-refractivity contribution in [1.29, 1.82) is 0 Å². The number of para-hydroxylation sites is 1. The minimum atomic E-state index is 0.355. The lowest BCUT2D eigenvalue weighted by molar-refractivity contribution is 0.287. The van der Waals surface area contributed by atoms with Gasteiger partial charge in [-0.2, -0.15) is 0 Å². The third kappa shape index (κ3) is 4.62. The Labute approximate surface area is 133 Å². The molecule has 0 radical (unpaired) electrons. The Hall–Kier alpha value is -0.840. The number of hydrogen-bond acceptors (Lipinski definition) is 3. The van der Waals surface area contributed by atoms with Crippen molar-refractivity contribution in [3.8, 4) is 5.75 Å². The van der Waals surface area contributed by atoms with Crippen LogP contribution in [0.2, 0.25) is 0 Å². The van der Waals surface area contributed by atoms with Crippen LogP contribution >= 0.6 is 27.3 Å². The van der Waals surface area contributed by atoms with Crippen LogP contribution in [0, 0.1) is 0 Å². The van der Waals surface area contributed by atoms with E-state index in [1.807, 2.05) is 30.3 Å². The van der Waals surface area contributed by atoms with Crippen LogP contribution in [0.15, 0.2) is 46.3 Å². The molecule has 20 heavy (non-hydrogen) atoms. The zero-order chi connectivity index (χ0) is 14.2. The van der Waals surface area contributed by atoms with Crippen LogP contribution in [0.5, 0.6) is 5.75 Å². The second-order valence-corrected chi connectivity index (χ2v) is 6.39. The third-order valence-corrected chi connectivity index (χ3v) is 5.00. The van der Waals surface area contributed by atoms with E-state index >= 15 is 0 Å².